The number of carbonyl (C=O) groups excluding carboxylic acids is 1. The van der Waals surface area contributed by atoms with Gasteiger partial charge < -0.3 is 15.8 Å². The average molecular weight is 306 g/mol. The van der Waals surface area contributed by atoms with Crippen molar-refractivity contribution in [2.45, 2.75) is 19.4 Å². The minimum Gasteiger partial charge on any atom is -0.409 e. The van der Waals surface area contributed by atoms with Crippen LogP contribution >= 0.6 is 0 Å². The first kappa shape index (κ1) is 16.7. The molecule has 8 nitrogen and oxygen atoms in total. The highest BCUT2D eigenvalue weighted by Crippen LogP contribution is 2.10. The summed E-state index contributed by atoms with van der Waals surface area (Å²) in [7, 11) is -3.30. The van der Waals surface area contributed by atoms with Gasteiger partial charge in [0.15, 0.2) is 15.7 Å². The Morgan fingerprint density at radius 2 is 1.90 bits per heavy atom. The average Bonchev–Trinajstić information content (AvgIpc) is 2.38. The number of nitrogens with two attached hydrogens (primary N) is 1. The van der Waals surface area contributed by atoms with E-state index in [4.69, 9.17) is 10.9 Å². The highest BCUT2D eigenvalue weighted by atomic mass is 32.2. The Morgan fingerprint density at radius 3 is 2.30 bits per heavy atom. The lowest BCUT2D eigenvalue weighted by Gasteiger charge is -2.38. The molecule has 0 aromatic carbocycles. The Balaban J connectivity index is 2.57. The summed E-state index contributed by atoms with van der Waals surface area (Å²) in [6, 6.07) is -0.160. The monoisotopic (exact) mass is 306 g/mol. The van der Waals surface area contributed by atoms with Crippen molar-refractivity contribution in [3.63, 3.8) is 0 Å². The van der Waals surface area contributed by atoms with Crippen molar-refractivity contribution in [1.82, 2.24) is 9.80 Å². The van der Waals surface area contributed by atoms with Crippen LogP contribution in [0.1, 0.15) is 13.3 Å². The molecule has 1 unspecified atom stereocenters. The summed E-state index contributed by atoms with van der Waals surface area (Å²) in [4.78, 5) is 15.4. The molecule has 1 amide bonds. The molecule has 0 aromatic heterocycles. The first-order chi connectivity index (χ1) is 9.28. The second-order valence-corrected chi connectivity index (χ2v) is 7.08. The van der Waals surface area contributed by atoms with Gasteiger partial charge in [-0.3, -0.25) is 9.69 Å². The predicted octanol–water partition coefficient (Wildman–Crippen LogP) is -1.30. The van der Waals surface area contributed by atoms with E-state index < -0.39 is 15.6 Å². The van der Waals surface area contributed by atoms with E-state index in [9.17, 15) is 13.2 Å². The van der Waals surface area contributed by atoms with Crippen LogP contribution in [0.5, 0.6) is 0 Å². The second-order valence-electron chi connectivity index (χ2n) is 4.94. The molecule has 1 atom stereocenters. The van der Waals surface area contributed by atoms with Crippen LogP contribution in [0.15, 0.2) is 5.16 Å². The minimum absolute atomic E-state index is 0.156. The Morgan fingerprint density at radius 1 is 1.35 bits per heavy atom. The van der Waals surface area contributed by atoms with E-state index in [0.717, 1.165) is 6.26 Å². The van der Waals surface area contributed by atoms with Gasteiger partial charge in [0.05, 0.1) is 6.04 Å². The van der Waals surface area contributed by atoms with E-state index in [1.165, 1.54) is 4.90 Å². The molecule has 1 saturated heterocycles. The zero-order chi connectivity index (χ0) is 15.3. The van der Waals surface area contributed by atoms with Crippen molar-refractivity contribution in [1.29, 1.82) is 0 Å². The molecule has 9 heteroatoms. The third-order valence-electron chi connectivity index (χ3n) is 3.34. The van der Waals surface area contributed by atoms with Crippen LogP contribution in [-0.2, 0) is 14.6 Å². The van der Waals surface area contributed by atoms with Gasteiger partial charge in [0.2, 0.25) is 5.91 Å². The maximum atomic E-state index is 11.8. The SMILES string of the molecule is CCC(C(N)=NO)N1CCN(C(=O)CS(C)(=O)=O)CC1. The largest absolute Gasteiger partial charge is 0.409 e. The highest BCUT2D eigenvalue weighted by Gasteiger charge is 2.28. The summed E-state index contributed by atoms with van der Waals surface area (Å²) in [5.74, 6) is -0.669. The summed E-state index contributed by atoms with van der Waals surface area (Å²) < 4.78 is 22.2. The number of oxime groups is 1. The molecule has 0 bridgehead atoms. The van der Waals surface area contributed by atoms with E-state index >= 15 is 0 Å². The van der Waals surface area contributed by atoms with Crippen LogP contribution in [0.3, 0.4) is 0 Å². The predicted molar refractivity (Wildman–Crippen MR) is 75.4 cm³/mol. The molecule has 0 radical (unpaired) electrons. The zero-order valence-electron chi connectivity index (χ0n) is 11.8. The molecule has 1 rings (SSSR count). The number of hydrogen-bond acceptors (Lipinski definition) is 6. The van der Waals surface area contributed by atoms with Crippen LogP contribution in [0.4, 0.5) is 0 Å². The Bertz CT molecular complexity index is 469. The summed E-state index contributed by atoms with van der Waals surface area (Å²) in [6.07, 6.45) is 1.75. The van der Waals surface area contributed by atoms with Crippen LogP contribution < -0.4 is 5.73 Å². The van der Waals surface area contributed by atoms with Crippen LogP contribution in [0.25, 0.3) is 0 Å². The molecular weight excluding hydrogens is 284 g/mol. The maximum absolute atomic E-state index is 11.8. The van der Waals surface area contributed by atoms with E-state index in [1.807, 2.05) is 11.8 Å². The number of hydrogen-bond donors (Lipinski definition) is 2. The van der Waals surface area contributed by atoms with Crippen molar-refractivity contribution in [2.75, 3.05) is 38.2 Å². The van der Waals surface area contributed by atoms with Crippen molar-refractivity contribution >= 4 is 21.6 Å². The fourth-order valence-electron chi connectivity index (χ4n) is 2.32. The maximum Gasteiger partial charge on any atom is 0.237 e. The Hall–Kier alpha value is -1.35. The molecule has 1 heterocycles. The standard InChI is InChI=1S/C11H22N4O4S/c1-3-9(11(12)13-17)14-4-6-15(7-5-14)10(16)8-20(2,18)19/h9,17H,3-8H2,1-2H3,(H2,12,13). The van der Waals surface area contributed by atoms with Gasteiger partial charge in [-0.05, 0) is 6.42 Å². The molecule has 0 spiro atoms. The number of nitrogens with zero attached hydrogens (tertiary/aromatic N) is 3. The summed E-state index contributed by atoms with van der Waals surface area (Å²) in [6.45, 7) is 3.98. The third kappa shape index (κ3) is 4.64. The zero-order valence-corrected chi connectivity index (χ0v) is 12.6. The van der Waals surface area contributed by atoms with E-state index in [2.05, 4.69) is 5.16 Å². The summed E-state index contributed by atoms with van der Waals surface area (Å²) in [5, 5.41) is 11.8. The van der Waals surface area contributed by atoms with Gasteiger partial charge in [0.1, 0.15) is 5.75 Å². The van der Waals surface area contributed by atoms with Crippen molar-refractivity contribution < 1.29 is 18.4 Å². The smallest absolute Gasteiger partial charge is 0.237 e. The number of amides is 1. The first-order valence-corrected chi connectivity index (χ1v) is 8.51. The molecule has 20 heavy (non-hydrogen) atoms. The molecule has 3 N–H and O–H groups in total. The minimum atomic E-state index is -3.30. The van der Waals surface area contributed by atoms with Gasteiger partial charge in [-0.1, -0.05) is 12.1 Å². The van der Waals surface area contributed by atoms with Crippen LogP contribution in [0.2, 0.25) is 0 Å². The van der Waals surface area contributed by atoms with Crippen molar-refractivity contribution in [3.8, 4) is 0 Å². The lowest BCUT2D eigenvalue weighted by Crippen LogP contribution is -2.55. The number of carbonyl (C=O) groups is 1. The number of rotatable bonds is 5. The molecule has 116 valence electrons. The molecule has 1 aliphatic rings. The van der Waals surface area contributed by atoms with Gasteiger partial charge in [0.25, 0.3) is 0 Å². The molecule has 0 saturated carbocycles. The Labute approximate surface area is 119 Å². The fourth-order valence-corrected chi connectivity index (χ4v) is 2.95. The Kier molecular flexibility index (Phi) is 5.75. The third-order valence-corrected chi connectivity index (χ3v) is 4.11. The number of sulfone groups is 1. The molecule has 1 aliphatic heterocycles. The van der Waals surface area contributed by atoms with Gasteiger partial charge in [0, 0.05) is 32.4 Å². The molecule has 0 aromatic rings. The topological polar surface area (TPSA) is 116 Å². The van der Waals surface area contributed by atoms with Gasteiger partial charge in [-0.25, -0.2) is 8.42 Å². The van der Waals surface area contributed by atoms with Gasteiger partial charge in [-0.2, -0.15) is 0 Å². The lowest BCUT2D eigenvalue weighted by molar-refractivity contribution is -0.130. The van der Waals surface area contributed by atoms with Crippen LogP contribution in [0, 0.1) is 0 Å². The summed E-state index contributed by atoms with van der Waals surface area (Å²) in [5.41, 5.74) is 5.63. The normalized spacial score (nSPS) is 19.9. The van der Waals surface area contributed by atoms with E-state index in [1.54, 1.807) is 0 Å². The lowest BCUT2D eigenvalue weighted by atomic mass is 10.1. The highest BCUT2D eigenvalue weighted by molar-refractivity contribution is 7.91. The first-order valence-electron chi connectivity index (χ1n) is 6.45. The van der Waals surface area contributed by atoms with E-state index in [0.29, 0.717) is 32.6 Å². The number of piperazine rings is 1. The quantitative estimate of drug-likeness (QED) is 0.282. The molecule has 1 fully saturated rings. The van der Waals surface area contributed by atoms with Gasteiger partial charge in [-0.15, -0.1) is 0 Å². The summed E-state index contributed by atoms with van der Waals surface area (Å²) >= 11 is 0. The molecular formula is C11H22N4O4S. The van der Waals surface area contributed by atoms with Gasteiger partial charge >= 0.3 is 0 Å². The van der Waals surface area contributed by atoms with Crippen molar-refractivity contribution in [2.24, 2.45) is 10.9 Å². The fraction of sp³-hybridized carbons (Fsp3) is 0.818. The van der Waals surface area contributed by atoms with E-state index in [-0.39, 0.29) is 17.8 Å². The second kappa shape index (κ2) is 6.89. The van der Waals surface area contributed by atoms with Crippen molar-refractivity contribution in [3.05, 3.63) is 0 Å². The number of amidine groups is 1. The molecule has 0 aliphatic carbocycles. The van der Waals surface area contributed by atoms with Crippen LogP contribution in [-0.4, -0.2) is 79.4 Å².